The number of hydrogen-bond acceptors (Lipinski definition) is 12. The van der Waals surface area contributed by atoms with E-state index >= 15 is 0 Å². The number of carbonyl (C=O) groups is 1. The molecule has 6 aromatic heterocycles. The third-order valence-electron chi connectivity index (χ3n) is 12.0. The Morgan fingerprint density at radius 1 is 0.719 bits per heavy atom. The van der Waals surface area contributed by atoms with Gasteiger partial charge in [-0.15, -0.1) is 0 Å². The van der Waals surface area contributed by atoms with E-state index < -0.39 is 0 Å². The Hall–Kier alpha value is -7.81. The first kappa shape index (κ1) is 40.3. The number of nitrogens with zero attached hydrogens (tertiary/aromatic N) is 12. The molecule has 0 unspecified atom stereocenters. The molecule has 2 fully saturated rings. The summed E-state index contributed by atoms with van der Waals surface area (Å²) in [6.45, 7) is 11.7. The molecule has 2 amide bonds. The highest BCUT2D eigenvalue weighted by molar-refractivity contribution is 6.08. The molecule has 318 valence electrons. The van der Waals surface area contributed by atoms with E-state index in [0.29, 0.717) is 11.9 Å². The van der Waals surface area contributed by atoms with Crippen molar-refractivity contribution in [3.05, 3.63) is 143 Å². The van der Waals surface area contributed by atoms with Crippen LogP contribution in [0.4, 0.5) is 27.7 Å². The van der Waals surface area contributed by atoms with E-state index in [0.717, 1.165) is 129 Å². The minimum atomic E-state index is -0.180. The molecule has 0 spiro atoms. The van der Waals surface area contributed by atoms with Crippen molar-refractivity contribution in [2.24, 2.45) is 4.99 Å². The van der Waals surface area contributed by atoms with Crippen LogP contribution in [0.15, 0.2) is 114 Å². The number of aromatic nitrogens is 8. The topological polar surface area (TPSA) is 180 Å². The fraction of sp³-hybridized carbons (Fsp3) is 0.245. The number of amides is 2. The third kappa shape index (κ3) is 8.03. The predicted octanol–water partition coefficient (Wildman–Crippen LogP) is 6.20. The zero-order valence-electron chi connectivity index (χ0n) is 36.1. The number of pyridine rings is 4. The van der Waals surface area contributed by atoms with Gasteiger partial charge in [-0.25, -0.2) is 19.3 Å². The van der Waals surface area contributed by atoms with Crippen LogP contribution in [-0.2, 0) is 0 Å². The van der Waals surface area contributed by atoms with Gasteiger partial charge >= 0.3 is 6.03 Å². The van der Waals surface area contributed by atoms with Crippen LogP contribution in [0.2, 0.25) is 0 Å². The number of nitrogen functional groups attached to an aromatic ring is 1. The smallest absolute Gasteiger partial charge is 0.327 e. The number of rotatable bonds is 3. The number of hydrogen-bond donors (Lipinski definition) is 2. The van der Waals surface area contributed by atoms with Crippen LogP contribution in [-0.4, -0.2) is 84.6 Å². The van der Waals surface area contributed by atoms with Gasteiger partial charge in [0.1, 0.15) is 12.6 Å². The van der Waals surface area contributed by atoms with Crippen molar-refractivity contribution < 1.29 is 4.79 Å². The maximum absolute atomic E-state index is 13.7. The molecule has 64 heavy (non-hydrogen) atoms. The summed E-state index contributed by atoms with van der Waals surface area (Å²) in [7, 11) is 0. The summed E-state index contributed by atoms with van der Waals surface area (Å²) in [5, 5.41) is 22.5. The molecular weight excluding hydrogens is 801 g/mol. The Morgan fingerprint density at radius 2 is 1.39 bits per heavy atom. The van der Waals surface area contributed by atoms with Gasteiger partial charge < -0.3 is 16.0 Å². The summed E-state index contributed by atoms with van der Waals surface area (Å²) in [4.78, 5) is 40.8. The number of anilines is 4. The molecule has 15 heteroatoms. The van der Waals surface area contributed by atoms with Gasteiger partial charge in [-0.2, -0.15) is 20.4 Å². The number of nitrogens with two attached hydrogens (primary N) is 1. The molecule has 10 heterocycles. The number of urea groups is 1. The standard InChI is InChI=1S/C25H23N7O.C15H15N4.C9H9N3/c1-15-12-17(8-10-26-15)20-6-7-23-24(27-20)32(18-9-11-31(23)14-18)25(33)28-21-4-3-5-22-19(21)13-16(2)29-30-22;1-10-8-11(4-6-16-10)13-2-3-14-15(18-13)17-12-5-7-19(14)9-12;1-6-5-7-8(10)3-2-4-9(7)12-11-6/h3-8,10,12-13,18H,9,11,14H2,1-2H3,(H,28,33);2-4,6,8,12H,5,7,9H2,1H3;2-5H,10H2,1H3/q;+1;/t18-;12-;/m00./s1. The molecule has 4 aliphatic rings. The van der Waals surface area contributed by atoms with Crippen molar-refractivity contribution in [3.63, 3.8) is 0 Å². The van der Waals surface area contributed by atoms with E-state index in [4.69, 9.17) is 20.7 Å². The molecule has 2 atom stereocenters. The van der Waals surface area contributed by atoms with Crippen LogP contribution >= 0.6 is 0 Å². The minimum absolute atomic E-state index is 0.0796. The van der Waals surface area contributed by atoms with Gasteiger partial charge in [0.15, 0.2) is 12.4 Å². The Morgan fingerprint density at radius 3 is 2.12 bits per heavy atom. The molecular formula is C49H47N14O+. The molecule has 2 aromatic carbocycles. The Balaban J connectivity index is 0.000000130. The molecule has 0 saturated carbocycles. The van der Waals surface area contributed by atoms with E-state index in [2.05, 4.69) is 69.4 Å². The molecule has 0 aliphatic carbocycles. The van der Waals surface area contributed by atoms with Gasteiger partial charge in [-0.05, 0) is 113 Å². The first-order chi connectivity index (χ1) is 31.1. The lowest BCUT2D eigenvalue weighted by atomic mass is 10.1. The Labute approximate surface area is 369 Å². The van der Waals surface area contributed by atoms with Crippen molar-refractivity contribution >= 4 is 50.7 Å². The number of nitrogens with one attached hydrogen (secondary N) is 1. The van der Waals surface area contributed by atoms with E-state index in [1.807, 2.05) is 112 Å². The molecule has 8 aromatic rings. The largest absolute Gasteiger partial charge is 0.398 e. The van der Waals surface area contributed by atoms with Crippen LogP contribution < -0.4 is 36.3 Å². The summed E-state index contributed by atoms with van der Waals surface area (Å²) in [5.74, 6) is 0.699. The summed E-state index contributed by atoms with van der Waals surface area (Å²) in [6, 6.07) is 31.9. The Kier molecular flexibility index (Phi) is 10.6. The molecule has 12 rings (SSSR count). The monoisotopic (exact) mass is 847 g/mol. The van der Waals surface area contributed by atoms with E-state index in [1.54, 1.807) is 6.20 Å². The first-order valence-corrected chi connectivity index (χ1v) is 21.5. The highest BCUT2D eigenvalue weighted by Crippen LogP contribution is 2.40. The van der Waals surface area contributed by atoms with E-state index in [-0.39, 0.29) is 12.1 Å². The van der Waals surface area contributed by atoms with Crippen LogP contribution in [0.25, 0.3) is 44.3 Å². The predicted molar refractivity (Wildman–Crippen MR) is 250 cm³/mol. The first-order valence-electron chi connectivity index (χ1n) is 21.5. The third-order valence-corrected chi connectivity index (χ3v) is 12.0. The van der Waals surface area contributed by atoms with Crippen molar-refractivity contribution in [1.29, 1.82) is 0 Å². The zero-order chi connectivity index (χ0) is 43.9. The number of benzene rings is 2. The van der Waals surface area contributed by atoms with Crippen LogP contribution in [0.1, 0.15) is 35.6 Å². The van der Waals surface area contributed by atoms with Crippen molar-refractivity contribution in [1.82, 2.24) is 44.9 Å². The van der Waals surface area contributed by atoms with E-state index in [9.17, 15) is 4.79 Å². The van der Waals surface area contributed by atoms with Gasteiger partial charge in [-0.3, -0.25) is 19.9 Å². The normalized spacial score (nSPS) is 16.5. The number of fused-ring (bicyclic) bond motifs is 9. The lowest BCUT2D eigenvalue weighted by molar-refractivity contribution is 0.255. The lowest BCUT2D eigenvalue weighted by Gasteiger charge is -2.36. The zero-order valence-corrected chi connectivity index (χ0v) is 36.1. The van der Waals surface area contributed by atoms with E-state index in [1.165, 1.54) is 5.36 Å². The molecule has 0 radical (unpaired) electrons. The second-order valence-electron chi connectivity index (χ2n) is 16.6. The maximum atomic E-state index is 13.7. The average molecular weight is 848 g/mol. The fourth-order valence-electron chi connectivity index (χ4n) is 8.86. The van der Waals surface area contributed by atoms with Gasteiger partial charge in [0.25, 0.3) is 0 Å². The van der Waals surface area contributed by atoms with Crippen LogP contribution in [0, 0.1) is 27.7 Å². The Bertz CT molecular complexity index is 3250. The van der Waals surface area contributed by atoms with Gasteiger partial charge in [0.2, 0.25) is 10.8 Å². The summed E-state index contributed by atoms with van der Waals surface area (Å²) in [6.07, 6.45) is 5.68. The van der Waals surface area contributed by atoms with Gasteiger partial charge in [0.05, 0.1) is 51.2 Å². The average Bonchev–Trinajstić information content (AvgIpc) is 3.91. The lowest BCUT2D eigenvalue weighted by Crippen LogP contribution is -2.48. The molecule has 4 bridgehead atoms. The van der Waals surface area contributed by atoms with Gasteiger partial charge in [-0.1, -0.05) is 12.1 Å². The maximum Gasteiger partial charge on any atom is 0.327 e. The summed E-state index contributed by atoms with van der Waals surface area (Å²) < 4.78 is 2.39. The quantitative estimate of drug-likeness (QED) is 0.153. The second kappa shape index (κ2) is 16.8. The van der Waals surface area contributed by atoms with Crippen molar-refractivity contribution in [2.75, 3.05) is 47.0 Å². The van der Waals surface area contributed by atoms with Crippen molar-refractivity contribution in [2.45, 2.75) is 52.6 Å². The summed E-state index contributed by atoms with van der Waals surface area (Å²) in [5.41, 5.74) is 18.3. The highest BCUT2D eigenvalue weighted by Gasteiger charge is 2.40. The van der Waals surface area contributed by atoms with Crippen LogP contribution in [0.5, 0.6) is 0 Å². The second-order valence-corrected chi connectivity index (χ2v) is 16.6. The molecule has 15 nitrogen and oxygen atoms in total. The number of aryl methyl sites for hydroxylation is 4. The highest BCUT2D eigenvalue weighted by atomic mass is 16.2. The van der Waals surface area contributed by atoms with Crippen LogP contribution in [0.3, 0.4) is 0 Å². The number of carbonyl (C=O) groups excluding carboxylic acids is 1. The molecule has 2 saturated heterocycles. The fourth-order valence-corrected chi connectivity index (χ4v) is 8.86. The molecule has 4 aliphatic heterocycles. The minimum Gasteiger partial charge on any atom is -0.398 e. The van der Waals surface area contributed by atoms with Gasteiger partial charge in [0, 0.05) is 76.9 Å². The summed E-state index contributed by atoms with van der Waals surface area (Å²) >= 11 is 0. The molecule has 3 N–H and O–H groups in total. The SMILES string of the molecule is Cc1cc(-c2ccc3c(n2)=N[C@H]2CC[N+]=3C2)ccn1.Cc1cc(-c2ccc3c(n2)N(C(=O)Nc2cccc4nnc(C)cc24)[C@H]2CCN3C2)ccn1.Cc1cc2c(N)cccc2nn1. The van der Waals surface area contributed by atoms with Crippen molar-refractivity contribution in [3.8, 4) is 22.5 Å².